The fourth-order valence-electron chi connectivity index (χ4n) is 2.89. The average molecular weight is 330 g/mol. The van der Waals surface area contributed by atoms with Crippen molar-refractivity contribution in [1.29, 1.82) is 5.26 Å². The molecule has 0 saturated heterocycles. The average Bonchev–Trinajstić information content (AvgIpc) is 3.05. The van der Waals surface area contributed by atoms with Crippen molar-refractivity contribution in [3.63, 3.8) is 0 Å². The molecule has 0 aliphatic carbocycles. The van der Waals surface area contributed by atoms with Gasteiger partial charge in [0.2, 0.25) is 0 Å². The van der Waals surface area contributed by atoms with Crippen LogP contribution in [0, 0.1) is 11.3 Å². The summed E-state index contributed by atoms with van der Waals surface area (Å²) in [5, 5.41) is 21.2. The molecule has 1 N–H and O–H groups in total. The molecule has 0 atom stereocenters. The molecule has 0 aliphatic heterocycles. The number of carboxylic acids is 1. The minimum Gasteiger partial charge on any atom is -0.477 e. The standard InChI is InChI=1S/C19H10N2O2S/c20-8-11-5-6-15(14-4-2-1-3-13(11)14)16-10-21-9-12-7-17(19(22)23)24-18(12)16/h1-7,9-10H,(H,22,23). The van der Waals surface area contributed by atoms with E-state index in [2.05, 4.69) is 11.1 Å². The Morgan fingerprint density at radius 1 is 1.08 bits per heavy atom. The van der Waals surface area contributed by atoms with Gasteiger partial charge in [-0.2, -0.15) is 5.26 Å². The van der Waals surface area contributed by atoms with Crippen LogP contribution >= 0.6 is 11.3 Å². The first-order chi connectivity index (χ1) is 11.7. The van der Waals surface area contributed by atoms with Gasteiger partial charge >= 0.3 is 5.97 Å². The van der Waals surface area contributed by atoms with Crippen molar-refractivity contribution >= 4 is 38.2 Å². The van der Waals surface area contributed by atoms with Crippen LogP contribution in [0.3, 0.4) is 0 Å². The van der Waals surface area contributed by atoms with Gasteiger partial charge in [-0.05, 0) is 23.1 Å². The van der Waals surface area contributed by atoms with E-state index in [1.165, 1.54) is 11.3 Å². The molecule has 0 bridgehead atoms. The molecule has 0 saturated carbocycles. The number of nitrogens with zero attached hydrogens (tertiary/aromatic N) is 2. The van der Waals surface area contributed by atoms with Crippen LogP contribution in [0.2, 0.25) is 0 Å². The minimum atomic E-state index is -0.938. The van der Waals surface area contributed by atoms with Gasteiger partial charge in [-0.25, -0.2) is 4.79 Å². The molecular weight excluding hydrogens is 320 g/mol. The summed E-state index contributed by atoms with van der Waals surface area (Å²) in [7, 11) is 0. The van der Waals surface area contributed by atoms with Gasteiger partial charge in [-0.3, -0.25) is 4.98 Å². The number of benzene rings is 2. The van der Waals surface area contributed by atoms with Gasteiger partial charge in [0.05, 0.1) is 11.6 Å². The maximum absolute atomic E-state index is 11.3. The molecule has 114 valence electrons. The quantitative estimate of drug-likeness (QED) is 0.579. The molecule has 5 heteroatoms. The van der Waals surface area contributed by atoms with E-state index in [1.807, 2.05) is 30.3 Å². The number of aromatic carboxylic acids is 1. The second kappa shape index (κ2) is 5.44. The van der Waals surface area contributed by atoms with Crippen molar-refractivity contribution in [2.75, 3.05) is 0 Å². The van der Waals surface area contributed by atoms with E-state index in [4.69, 9.17) is 0 Å². The molecule has 0 fully saturated rings. The Bertz CT molecular complexity index is 1160. The molecule has 2 heterocycles. The molecule has 4 rings (SSSR count). The van der Waals surface area contributed by atoms with Crippen LogP contribution in [0.4, 0.5) is 0 Å². The Morgan fingerprint density at radius 2 is 1.88 bits per heavy atom. The van der Waals surface area contributed by atoms with E-state index in [0.29, 0.717) is 5.56 Å². The summed E-state index contributed by atoms with van der Waals surface area (Å²) in [4.78, 5) is 15.8. The largest absolute Gasteiger partial charge is 0.477 e. The van der Waals surface area contributed by atoms with E-state index in [0.717, 1.165) is 32.0 Å². The highest BCUT2D eigenvalue weighted by Gasteiger charge is 2.15. The molecule has 0 radical (unpaired) electrons. The number of hydrogen-bond acceptors (Lipinski definition) is 4. The van der Waals surface area contributed by atoms with Gasteiger partial charge in [-0.15, -0.1) is 11.3 Å². The lowest BCUT2D eigenvalue weighted by Crippen LogP contribution is -1.89. The monoisotopic (exact) mass is 330 g/mol. The number of nitriles is 1. The van der Waals surface area contributed by atoms with Crippen LogP contribution in [0.15, 0.2) is 54.9 Å². The topological polar surface area (TPSA) is 74.0 Å². The predicted molar refractivity (Wildman–Crippen MR) is 94.2 cm³/mol. The first-order valence-corrected chi connectivity index (χ1v) is 8.04. The van der Waals surface area contributed by atoms with Gasteiger partial charge in [-0.1, -0.05) is 30.3 Å². The maximum atomic E-state index is 11.3. The number of thiophene rings is 1. The number of rotatable bonds is 2. The van der Waals surface area contributed by atoms with Crippen LogP contribution in [0.25, 0.3) is 32.0 Å². The molecule has 0 spiro atoms. The Morgan fingerprint density at radius 3 is 2.62 bits per heavy atom. The highest BCUT2D eigenvalue weighted by Crippen LogP contribution is 2.38. The summed E-state index contributed by atoms with van der Waals surface area (Å²) in [6.45, 7) is 0. The van der Waals surface area contributed by atoms with E-state index in [1.54, 1.807) is 24.5 Å². The summed E-state index contributed by atoms with van der Waals surface area (Å²) in [6.07, 6.45) is 3.42. The van der Waals surface area contributed by atoms with E-state index in [-0.39, 0.29) is 4.88 Å². The lowest BCUT2D eigenvalue weighted by atomic mass is 9.96. The van der Waals surface area contributed by atoms with Gasteiger partial charge in [0.15, 0.2) is 0 Å². The summed E-state index contributed by atoms with van der Waals surface area (Å²) >= 11 is 1.24. The summed E-state index contributed by atoms with van der Waals surface area (Å²) < 4.78 is 0.886. The molecular formula is C19H10N2O2S. The molecule has 4 nitrogen and oxygen atoms in total. The zero-order chi connectivity index (χ0) is 16.7. The highest BCUT2D eigenvalue weighted by atomic mass is 32.1. The highest BCUT2D eigenvalue weighted by molar-refractivity contribution is 7.21. The predicted octanol–water partition coefficient (Wildman–Crippen LogP) is 4.69. The van der Waals surface area contributed by atoms with Crippen LogP contribution in [-0.4, -0.2) is 16.1 Å². The fraction of sp³-hybridized carbons (Fsp3) is 0. The number of carboxylic acid groups (broad SMARTS) is 1. The van der Waals surface area contributed by atoms with E-state index in [9.17, 15) is 15.2 Å². The number of fused-ring (bicyclic) bond motifs is 2. The molecule has 0 amide bonds. The molecule has 24 heavy (non-hydrogen) atoms. The molecule has 4 aromatic rings. The van der Waals surface area contributed by atoms with E-state index < -0.39 is 5.97 Å². The number of hydrogen-bond donors (Lipinski definition) is 1. The van der Waals surface area contributed by atoms with E-state index >= 15 is 0 Å². The third-order valence-corrected chi connectivity index (χ3v) is 5.14. The lowest BCUT2D eigenvalue weighted by molar-refractivity contribution is 0.0702. The van der Waals surface area contributed by atoms with Crippen LogP contribution in [-0.2, 0) is 0 Å². The first kappa shape index (κ1) is 14.4. The van der Waals surface area contributed by atoms with Crippen molar-refractivity contribution in [1.82, 2.24) is 4.98 Å². The van der Waals surface area contributed by atoms with Gasteiger partial charge in [0, 0.05) is 33.4 Å². The Balaban J connectivity index is 2.07. The normalized spacial score (nSPS) is 10.8. The van der Waals surface area contributed by atoms with Crippen molar-refractivity contribution in [2.24, 2.45) is 0 Å². The third-order valence-electron chi connectivity index (χ3n) is 3.97. The van der Waals surface area contributed by atoms with Gasteiger partial charge in [0.1, 0.15) is 4.88 Å². The summed E-state index contributed by atoms with van der Waals surface area (Å²) in [6, 6.07) is 15.3. The first-order valence-electron chi connectivity index (χ1n) is 7.22. The lowest BCUT2D eigenvalue weighted by Gasteiger charge is -2.09. The maximum Gasteiger partial charge on any atom is 0.345 e. The van der Waals surface area contributed by atoms with Crippen LogP contribution in [0.1, 0.15) is 15.2 Å². The zero-order valence-electron chi connectivity index (χ0n) is 12.4. The fourth-order valence-corrected chi connectivity index (χ4v) is 3.89. The minimum absolute atomic E-state index is 0.289. The Kier molecular flexibility index (Phi) is 3.26. The number of pyridine rings is 1. The SMILES string of the molecule is N#Cc1ccc(-c2cncc3cc(C(=O)O)sc23)c2ccccc12. The summed E-state index contributed by atoms with van der Waals surface area (Å²) in [5.74, 6) is -0.938. The van der Waals surface area contributed by atoms with Crippen LogP contribution in [0.5, 0.6) is 0 Å². The Labute approximate surface area is 141 Å². The summed E-state index contributed by atoms with van der Waals surface area (Å²) in [5.41, 5.74) is 2.44. The number of carbonyl (C=O) groups is 1. The van der Waals surface area contributed by atoms with Gasteiger partial charge in [0.25, 0.3) is 0 Å². The molecule has 0 unspecified atom stereocenters. The second-order valence-electron chi connectivity index (χ2n) is 5.34. The molecule has 2 aromatic carbocycles. The second-order valence-corrected chi connectivity index (χ2v) is 6.39. The Hall–Kier alpha value is -3.23. The van der Waals surface area contributed by atoms with Crippen molar-refractivity contribution < 1.29 is 9.90 Å². The zero-order valence-corrected chi connectivity index (χ0v) is 13.2. The third kappa shape index (κ3) is 2.13. The smallest absolute Gasteiger partial charge is 0.345 e. The van der Waals surface area contributed by atoms with Crippen LogP contribution < -0.4 is 0 Å². The van der Waals surface area contributed by atoms with Gasteiger partial charge < -0.3 is 5.11 Å². The molecule has 0 aliphatic rings. The number of aromatic nitrogens is 1. The van der Waals surface area contributed by atoms with Crippen molar-refractivity contribution in [2.45, 2.75) is 0 Å². The van der Waals surface area contributed by atoms with Crippen molar-refractivity contribution in [3.05, 3.63) is 65.3 Å². The molecule has 2 aromatic heterocycles. The van der Waals surface area contributed by atoms with Crippen molar-refractivity contribution in [3.8, 4) is 17.2 Å².